The van der Waals surface area contributed by atoms with Crippen LogP contribution in [-0.4, -0.2) is 15.7 Å². The molecule has 0 amide bonds. The van der Waals surface area contributed by atoms with Gasteiger partial charge in [0, 0.05) is 40.9 Å². The molecule has 5 rings (SSSR count). The number of aliphatic imine (C=N–C) groups is 1. The summed E-state index contributed by atoms with van der Waals surface area (Å²) in [6.45, 7) is 11.2. The number of nitrogens with zero attached hydrogens (tertiary/aromatic N) is 3. The molecule has 3 heteroatoms. The minimum Gasteiger partial charge on any atom is -0.260 e. The Morgan fingerprint density at radius 2 is 1.90 bits per heavy atom. The van der Waals surface area contributed by atoms with E-state index in [0.717, 1.165) is 29.9 Å². The summed E-state index contributed by atoms with van der Waals surface area (Å²) in [6.07, 6.45) is 12.8. The Morgan fingerprint density at radius 3 is 2.67 bits per heavy atom. The Labute approximate surface area is 179 Å². The third-order valence-corrected chi connectivity index (χ3v) is 6.69. The van der Waals surface area contributed by atoms with E-state index in [1.54, 1.807) is 0 Å². The van der Waals surface area contributed by atoms with Crippen molar-refractivity contribution >= 4 is 22.5 Å². The van der Waals surface area contributed by atoms with Gasteiger partial charge >= 0.3 is 0 Å². The lowest BCUT2D eigenvalue weighted by Gasteiger charge is -2.19. The molecule has 30 heavy (non-hydrogen) atoms. The van der Waals surface area contributed by atoms with Crippen molar-refractivity contribution in [1.82, 2.24) is 9.97 Å². The van der Waals surface area contributed by atoms with Crippen molar-refractivity contribution in [2.24, 2.45) is 16.8 Å². The number of rotatable bonds is 3. The average molecular weight is 396 g/mol. The molecule has 0 N–H and O–H groups in total. The van der Waals surface area contributed by atoms with Gasteiger partial charge in [-0.3, -0.25) is 15.0 Å². The van der Waals surface area contributed by atoms with E-state index in [1.165, 1.54) is 39.1 Å². The topological polar surface area (TPSA) is 38.1 Å². The molecular formula is C27H29N3. The Morgan fingerprint density at radius 1 is 1.07 bits per heavy atom. The van der Waals surface area contributed by atoms with E-state index in [9.17, 15) is 0 Å². The van der Waals surface area contributed by atoms with Gasteiger partial charge in [-0.15, -0.1) is 0 Å². The van der Waals surface area contributed by atoms with Gasteiger partial charge in [-0.25, -0.2) is 0 Å². The SMILES string of the molecule is CC1=Nc2cnc(C3=CCc4ncc(C5=C(C)CC(C)C=C5)cc43)cc2C1C(C)C. The third-order valence-electron chi connectivity index (χ3n) is 6.69. The van der Waals surface area contributed by atoms with Crippen molar-refractivity contribution < 1.29 is 0 Å². The molecule has 0 fully saturated rings. The lowest BCUT2D eigenvalue weighted by Crippen LogP contribution is -2.11. The van der Waals surface area contributed by atoms with Crippen molar-refractivity contribution in [3.8, 4) is 0 Å². The number of fused-ring (bicyclic) bond motifs is 2. The summed E-state index contributed by atoms with van der Waals surface area (Å²) in [5.74, 6) is 1.52. The van der Waals surface area contributed by atoms with Crippen LogP contribution in [0.15, 0.2) is 53.3 Å². The first-order valence-electron chi connectivity index (χ1n) is 11.1. The molecule has 152 valence electrons. The van der Waals surface area contributed by atoms with E-state index in [2.05, 4.69) is 65.0 Å². The molecule has 2 aliphatic carbocycles. The number of pyridine rings is 2. The maximum absolute atomic E-state index is 4.82. The van der Waals surface area contributed by atoms with Crippen LogP contribution in [0.5, 0.6) is 0 Å². The van der Waals surface area contributed by atoms with Crippen LogP contribution in [-0.2, 0) is 6.42 Å². The van der Waals surface area contributed by atoms with E-state index >= 15 is 0 Å². The second kappa shape index (κ2) is 7.16. The molecule has 3 nitrogen and oxygen atoms in total. The molecule has 2 aromatic rings. The lowest BCUT2D eigenvalue weighted by molar-refractivity contribution is 0.608. The van der Waals surface area contributed by atoms with E-state index in [0.29, 0.717) is 17.8 Å². The molecule has 3 aliphatic rings. The van der Waals surface area contributed by atoms with Gasteiger partial charge in [0.15, 0.2) is 0 Å². The lowest BCUT2D eigenvalue weighted by atomic mass is 9.86. The van der Waals surface area contributed by atoms with Crippen LogP contribution in [0.2, 0.25) is 0 Å². The molecule has 2 atom stereocenters. The average Bonchev–Trinajstić information content (AvgIpc) is 3.26. The zero-order valence-electron chi connectivity index (χ0n) is 18.5. The highest BCUT2D eigenvalue weighted by molar-refractivity contribution is 5.97. The molecule has 1 aliphatic heterocycles. The fraction of sp³-hybridized carbons (Fsp3) is 0.370. The van der Waals surface area contributed by atoms with Crippen LogP contribution < -0.4 is 0 Å². The van der Waals surface area contributed by atoms with Gasteiger partial charge in [-0.1, -0.05) is 44.6 Å². The molecule has 0 spiro atoms. The van der Waals surface area contributed by atoms with Crippen LogP contribution in [0.25, 0.3) is 11.1 Å². The smallest absolute Gasteiger partial charge is 0.0851 e. The van der Waals surface area contributed by atoms with E-state index in [-0.39, 0.29) is 0 Å². The first-order valence-corrected chi connectivity index (χ1v) is 11.1. The fourth-order valence-corrected chi connectivity index (χ4v) is 5.27. The Bertz CT molecular complexity index is 1160. The number of allylic oxidation sites excluding steroid dienone is 5. The molecule has 0 saturated carbocycles. The minimum absolute atomic E-state index is 0.384. The van der Waals surface area contributed by atoms with Gasteiger partial charge in [-0.2, -0.15) is 0 Å². The number of hydrogen-bond donors (Lipinski definition) is 0. The molecule has 3 heterocycles. The molecule has 0 aromatic carbocycles. The van der Waals surface area contributed by atoms with Gasteiger partial charge < -0.3 is 0 Å². The Hall–Kier alpha value is -2.81. The van der Waals surface area contributed by atoms with E-state index in [4.69, 9.17) is 15.0 Å². The van der Waals surface area contributed by atoms with E-state index < -0.39 is 0 Å². The highest BCUT2D eigenvalue weighted by Gasteiger charge is 2.29. The van der Waals surface area contributed by atoms with Crippen LogP contribution in [0.4, 0.5) is 5.69 Å². The second-order valence-corrected chi connectivity index (χ2v) is 9.38. The molecule has 0 radical (unpaired) electrons. The normalized spacial score (nSPS) is 22.3. The summed E-state index contributed by atoms with van der Waals surface area (Å²) >= 11 is 0. The number of aromatic nitrogens is 2. The third kappa shape index (κ3) is 3.08. The van der Waals surface area contributed by atoms with Crippen molar-refractivity contribution in [3.63, 3.8) is 0 Å². The van der Waals surface area contributed by atoms with Crippen LogP contribution in [0.1, 0.15) is 75.0 Å². The molecule has 2 unspecified atom stereocenters. The van der Waals surface area contributed by atoms with Crippen LogP contribution >= 0.6 is 0 Å². The summed E-state index contributed by atoms with van der Waals surface area (Å²) in [4.78, 5) is 14.4. The standard InChI is InChI=1S/C27H29N3/c1-15(2)27-18(5)30-26-14-29-25(12-23(26)27)21-8-9-24-22(21)11-19(13-28-24)20-7-6-16(3)10-17(20)4/h6-8,11-16,27H,9-10H2,1-5H3. The van der Waals surface area contributed by atoms with Gasteiger partial charge in [0.05, 0.1) is 23.3 Å². The van der Waals surface area contributed by atoms with Gasteiger partial charge in [0.2, 0.25) is 0 Å². The summed E-state index contributed by atoms with van der Waals surface area (Å²) < 4.78 is 0. The van der Waals surface area contributed by atoms with Crippen LogP contribution in [0, 0.1) is 11.8 Å². The second-order valence-electron chi connectivity index (χ2n) is 9.38. The molecule has 0 saturated heterocycles. The fourth-order valence-electron chi connectivity index (χ4n) is 5.27. The zero-order valence-corrected chi connectivity index (χ0v) is 18.5. The Balaban J connectivity index is 1.54. The number of hydrogen-bond acceptors (Lipinski definition) is 3. The van der Waals surface area contributed by atoms with E-state index in [1.807, 2.05) is 12.4 Å². The first kappa shape index (κ1) is 19.2. The first-order chi connectivity index (χ1) is 14.4. The predicted octanol–water partition coefficient (Wildman–Crippen LogP) is 6.68. The van der Waals surface area contributed by atoms with Gasteiger partial charge in [0.1, 0.15) is 0 Å². The van der Waals surface area contributed by atoms with Crippen LogP contribution in [0.3, 0.4) is 0 Å². The molecule has 2 aromatic heterocycles. The van der Waals surface area contributed by atoms with Crippen molar-refractivity contribution in [3.05, 3.63) is 76.4 Å². The predicted molar refractivity (Wildman–Crippen MR) is 125 cm³/mol. The van der Waals surface area contributed by atoms with Crippen molar-refractivity contribution in [2.75, 3.05) is 0 Å². The monoisotopic (exact) mass is 395 g/mol. The summed E-state index contributed by atoms with van der Waals surface area (Å²) in [5.41, 5.74) is 12.1. The minimum atomic E-state index is 0.384. The molecule has 0 bridgehead atoms. The zero-order chi connectivity index (χ0) is 21.0. The quantitative estimate of drug-likeness (QED) is 0.581. The maximum Gasteiger partial charge on any atom is 0.0851 e. The van der Waals surface area contributed by atoms with Gasteiger partial charge in [-0.05, 0) is 55.4 Å². The maximum atomic E-state index is 4.82. The van der Waals surface area contributed by atoms with Gasteiger partial charge in [0.25, 0.3) is 0 Å². The molecular weight excluding hydrogens is 366 g/mol. The largest absolute Gasteiger partial charge is 0.260 e. The van der Waals surface area contributed by atoms with Crippen molar-refractivity contribution in [2.45, 2.75) is 53.4 Å². The highest BCUT2D eigenvalue weighted by Crippen LogP contribution is 2.42. The Kier molecular flexibility index (Phi) is 4.57. The summed E-state index contributed by atoms with van der Waals surface area (Å²) in [6, 6.07) is 4.58. The summed E-state index contributed by atoms with van der Waals surface area (Å²) in [7, 11) is 0. The highest BCUT2D eigenvalue weighted by atomic mass is 14.8. The van der Waals surface area contributed by atoms with Crippen molar-refractivity contribution in [1.29, 1.82) is 0 Å². The summed E-state index contributed by atoms with van der Waals surface area (Å²) in [5, 5.41) is 0.